The lowest BCUT2D eigenvalue weighted by Gasteiger charge is -2.18. The summed E-state index contributed by atoms with van der Waals surface area (Å²) in [6.45, 7) is 1.37. The summed E-state index contributed by atoms with van der Waals surface area (Å²) in [5.74, 6) is -0.678. The number of rotatable bonds is 5. The quantitative estimate of drug-likeness (QED) is 0.292. The molecule has 0 spiro atoms. The highest BCUT2D eigenvalue weighted by molar-refractivity contribution is 7.55. The predicted molar refractivity (Wildman–Crippen MR) is 44.2 cm³/mol. The molecule has 0 aliphatic rings. The smallest absolute Gasteiger partial charge is 0.371 e. The summed E-state index contributed by atoms with van der Waals surface area (Å²) >= 11 is 0. The van der Waals surface area contributed by atoms with E-state index in [1.54, 1.807) is 0 Å². The standard InChI is InChI=1S/C6H13O6P/c1-5(6(7)9-2)13(8,11-4)12-10-3/h5H,1-4H3. The number of ether oxygens (including phenoxy) is 1. The molecule has 0 aliphatic carbocycles. The Hall–Kier alpha value is -0.420. The molecule has 0 aliphatic heterocycles. The van der Waals surface area contributed by atoms with Crippen LogP contribution in [0.1, 0.15) is 6.92 Å². The van der Waals surface area contributed by atoms with Gasteiger partial charge < -0.3 is 9.26 Å². The number of carbonyl (C=O) groups excluding carboxylic acids is 1. The van der Waals surface area contributed by atoms with Crippen LogP contribution in [0.15, 0.2) is 0 Å². The zero-order chi connectivity index (χ0) is 10.5. The van der Waals surface area contributed by atoms with Crippen LogP contribution in [0.25, 0.3) is 0 Å². The first-order chi connectivity index (χ1) is 6.01. The lowest BCUT2D eigenvalue weighted by Crippen LogP contribution is -2.20. The minimum atomic E-state index is -3.56. The Morgan fingerprint density at radius 1 is 1.31 bits per heavy atom. The van der Waals surface area contributed by atoms with Crippen molar-refractivity contribution in [2.75, 3.05) is 21.3 Å². The Labute approximate surface area is 76.6 Å². The Morgan fingerprint density at radius 3 is 2.15 bits per heavy atom. The van der Waals surface area contributed by atoms with E-state index in [4.69, 9.17) is 0 Å². The number of hydrogen-bond acceptors (Lipinski definition) is 6. The van der Waals surface area contributed by atoms with Gasteiger partial charge in [0.25, 0.3) is 0 Å². The topological polar surface area (TPSA) is 71.1 Å². The highest BCUT2D eigenvalue weighted by atomic mass is 31.2. The maximum Gasteiger partial charge on any atom is 0.371 e. The molecule has 0 saturated heterocycles. The molecule has 0 aromatic heterocycles. The Bertz CT molecular complexity index is 215. The summed E-state index contributed by atoms with van der Waals surface area (Å²) in [5, 5.41) is 0. The van der Waals surface area contributed by atoms with Crippen molar-refractivity contribution in [3.05, 3.63) is 0 Å². The molecule has 0 aromatic carbocycles. The molecule has 0 amide bonds. The Balaban J connectivity index is 4.56. The van der Waals surface area contributed by atoms with Gasteiger partial charge in [0.05, 0.1) is 14.2 Å². The summed E-state index contributed by atoms with van der Waals surface area (Å²) in [6, 6.07) is 0. The molecule has 0 rings (SSSR count). The van der Waals surface area contributed by atoms with Gasteiger partial charge in [-0.05, 0) is 6.92 Å². The molecule has 7 heteroatoms. The van der Waals surface area contributed by atoms with Crippen molar-refractivity contribution in [2.24, 2.45) is 0 Å². The number of carbonyl (C=O) groups is 1. The van der Waals surface area contributed by atoms with E-state index in [2.05, 4.69) is 18.8 Å². The van der Waals surface area contributed by atoms with Gasteiger partial charge in [-0.25, -0.2) is 4.89 Å². The molecule has 0 bridgehead atoms. The third-order valence-electron chi connectivity index (χ3n) is 1.45. The first-order valence-electron chi connectivity index (χ1n) is 3.47. The van der Waals surface area contributed by atoms with Crippen LogP contribution in [-0.2, 0) is 28.2 Å². The van der Waals surface area contributed by atoms with Gasteiger partial charge >= 0.3 is 13.6 Å². The third-order valence-corrected chi connectivity index (χ3v) is 3.47. The number of methoxy groups -OCH3 is 1. The second kappa shape index (κ2) is 5.34. The van der Waals surface area contributed by atoms with Crippen molar-refractivity contribution in [1.82, 2.24) is 0 Å². The fraction of sp³-hybridized carbons (Fsp3) is 0.833. The third kappa shape index (κ3) is 3.08. The molecule has 2 atom stereocenters. The molecule has 0 aromatic rings. The van der Waals surface area contributed by atoms with E-state index in [0.717, 1.165) is 0 Å². The van der Waals surface area contributed by atoms with Crippen molar-refractivity contribution >= 4 is 13.6 Å². The van der Waals surface area contributed by atoms with Gasteiger partial charge in [-0.2, -0.15) is 0 Å². The SMILES string of the molecule is COOP(=O)(OC)C(C)C(=O)OC. The minimum Gasteiger partial charge on any atom is -0.468 e. The van der Waals surface area contributed by atoms with E-state index >= 15 is 0 Å². The molecular formula is C6H13O6P. The van der Waals surface area contributed by atoms with Crippen LogP contribution in [-0.4, -0.2) is 33.0 Å². The number of esters is 1. The van der Waals surface area contributed by atoms with Gasteiger partial charge in [-0.3, -0.25) is 9.36 Å². The zero-order valence-corrected chi connectivity index (χ0v) is 8.87. The Kier molecular flexibility index (Phi) is 5.17. The van der Waals surface area contributed by atoms with Crippen LogP contribution in [0.4, 0.5) is 0 Å². The van der Waals surface area contributed by atoms with Gasteiger partial charge in [-0.1, -0.05) is 0 Å². The maximum absolute atomic E-state index is 11.6. The highest BCUT2D eigenvalue weighted by Crippen LogP contribution is 2.52. The normalized spacial score (nSPS) is 17.5. The molecular weight excluding hydrogens is 199 g/mol. The van der Waals surface area contributed by atoms with Gasteiger partial charge in [0.15, 0.2) is 5.66 Å². The average Bonchev–Trinajstić information content (AvgIpc) is 2.15. The maximum atomic E-state index is 11.6. The van der Waals surface area contributed by atoms with Crippen LogP contribution in [0.3, 0.4) is 0 Å². The summed E-state index contributed by atoms with van der Waals surface area (Å²) in [7, 11) is -0.0324. The van der Waals surface area contributed by atoms with Crippen molar-refractivity contribution < 1.29 is 28.2 Å². The summed E-state index contributed by atoms with van der Waals surface area (Å²) < 4.78 is 25.0. The van der Waals surface area contributed by atoms with Crippen molar-refractivity contribution in [2.45, 2.75) is 12.6 Å². The van der Waals surface area contributed by atoms with E-state index < -0.39 is 19.2 Å². The fourth-order valence-electron chi connectivity index (χ4n) is 0.657. The largest absolute Gasteiger partial charge is 0.468 e. The van der Waals surface area contributed by atoms with Crippen LogP contribution in [0.5, 0.6) is 0 Å². The molecule has 6 nitrogen and oxygen atoms in total. The van der Waals surface area contributed by atoms with Crippen molar-refractivity contribution in [3.8, 4) is 0 Å². The molecule has 0 radical (unpaired) electrons. The summed E-state index contributed by atoms with van der Waals surface area (Å²) in [4.78, 5) is 15.2. The molecule has 13 heavy (non-hydrogen) atoms. The fourth-order valence-corrected chi connectivity index (χ4v) is 1.73. The van der Waals surface area contributed by atoms with E-state index in [1.165, 1.54) is 28.3 Å². The predicted octanol–water partition coefficient (Wildman–Crippen LogP) is 0.965. The van der Waals surface area contributed by atoms with Crippen molar-refractivity contribution in [3.63, 3.8) is 0 Å². The van der Waals surface area contributed by atoms with Gasteiger partial charge in [0, 0.05) is 7.11 Å². The second-order valence-electron chi connectivity index (χ2n) is 2.16. The first-order valence-corrected chi connectivity index (χ1v) is 5.08. The molecule has 2 unspecified atom stereocenters. The van der Waals surface area contributed by atoms with Gasteiger partial charge in [0.2, 0.25) is 0 Å². The highest BCUT2D eigenvalue weighted by Gasteiger charge is 2.38. The molecule has 0 N–H and O–H groups in total. The molecule has 0 fully saturated rings. The van der Waals surface area contributed by atoms with E-state index in [-0.39, 0.29) is 0 Å². The van der Waals surface area contributed by atoms with E-state index in [1.807, 2.05) is 0 Å². The van der Waals surface area contributed by atoms with Gasteiger partial charge in [0.1, 0.15) is 0 Å². The van der Waals surface area contributed by atoms with Gasteiger partial charge in [-0.15, -0.1) is 4.67 Å². The molecule has 0 saturated carbocycles. The molecule has 0 heterocycles. The first kappa shape index (κ1) is 12.6. The Morgan fingerprint density at radius 2 is 1.85 bits per heavy atom. The number of hydrogen-bond donors (Lipinski definition) is 0. The second-order valence-corrected chi connectivity index (χ2v) is 4.53. The van der Waals surface area contributed by atoms with Crippen LogP contribution < -0.4 is 0 Å². The summed E-state index contributed by atoms with van der Waals surface area (Å²) in [6.07, 6.45) is 0. The van der Waals surface area contributed by atoms with Crippen LogP contribution in [0, 0.1) is 0 Å². The monoisotopic (exact) mass is 212 g/mol. The lowest BCUT2D eigenvalue weighted by molar-refractivity contribution is -0.188. The van der Waals surface area contributed by atoms with E-state index in [0.29, 0.717) is 0 Å². The molecule has 78 valence electrons. The summed E-state index contributed by atoms with van der Waals surface area (Å²) in [5.41, 5.74) is -1.01. The average molecular weight is 212 g/mol. The van der Waals surface area contributed by atoms with E-state index in [9.17, 15) is 9.36 Å². The zero-order valence-electron chi connectivity index (χ0n) is 7.97. The lowest BCUT2D eigenvalue weighted by atomic mass is 10.5. The van der Waals surface area contributed by atoms with Crippen molar-refractivity contribution in [1.29, 1.82) is 0 Å². The minimum absolute atomic E-state index is 0.678. The van der Waals surface area contributed by atoms with Crippen LogP contribution in [0.2, 0.25) is 0 Å². The van der Waals surface area contributed by atoms with Crippen LogP contribution >= 0.6 is 7.60 Å².